The fraction of sp³-hybridized carbons (Fsp3) is 0.632. The van der Waals surface area contributed by atoms with Gasteiger partial charge in [-0.05, 0) is 56.1 Å². The fourth-order valence-corrected chi connectivity index (χ4v) is 4.62. The van der Waals surface area contributed by atoms with Crippen LogP contribution in [-0.2, 0) is 11.3 Å². The topological polar surface area (TPSA) is 46.3 Å². The van der Waals surface area contributed by atoms with Crippen LogP contribution in [0.1, 0.15) is 44.6 Å². The minimum absolute atomic E-state index is 0. The summed E-state index contributed by atoms with van der Waals surface area (Å²) in [6.45, 7) is 3.37. The number of benzene rings is 1. The summed E-state index contributed by atoms with van der Waals surface area (Å²) in [4.78, 5) is 15.0. The highest BCUT2D eigenvalue weighted by Gasteiger charge is 2.41. The molecule has 2 N–H and O–H groups in total. The summed E-state index contributed by atoms with van der Waals surface area (Å²) < 4.78 is 0. The molecule has 0 radical (unpaired) electrons. The Morgan fingerprint density at radius 1 is 1.25 bits per heavy atom. The number of nitrogens with zero attached hydrogens (tertiary/aromatic N) is 1. The average molecular weight is 371 g/mol. The molecule has 5 heteroatoms. The van der Waals surface area contributed by atoms with Gasteiger partial charge in [-0.25, -0.2) is 0 Å². The van der Waals surface area contributed by atoms with Crippen LogP contribution in [-0.4, -0.2) is 23.4 Å². The van der Waals surface area contributed by atoms with Crippen LogP contribution >= 0.6 is 24.0 Å². The number of fused-ring (bicyclic) bond motifs is 2. The highest BCUT2D eigenvalue weighted by molar-refractivity contribution is 6.31. The highest BCUT2D eigenvalue weighted by Crippen LogP contribution is 2.42. The Balaban J connectivity index is 0.00000208. The summed E-state index contributed by atoms with van der Waals surface area (Å²) in [6, 6.07) is 8.10. The SMILES string of the molecule is CCN(Cc1ccccc1Cl)C(=O)C1CC2CCCC(C1)C2N.Cl. The van der Waals surface area contributed by atoms with E-state index in [-0.39, 0.29) is 24.2 Å². The Bertz CT molecular complexity index is 552. The van der Waals surface area contributed by atoms with Gasteiger partial charge in [0.05, 0.1) is 0 Å². The van der Waals surface area contributed by atoms with Gasteiger partial charge in [0.25, 0.3) is 0 Å². The van der Waals surface area contributed by atoms with E-state index in [1.807, 2.05) is 36.1 Å². The molecule has 3 rings (SSSR count). The van der Waals surface area contributed by atoms with Crippen LogP contribution in [0.2, 0.25) is 5.02 Å². The Hall–Kier alpha value is -0.770. The molecule has 3 nitrogen and oxygen atoms in total. The van der Waals surface area contributed by atoms with Crippen molar-refractivity contribution in [3.05, 3.63) is 34.9 Å². The first-order valence-electron chi connectivity index (χ1n) is 8.88. The van der Waals surface area contributed by atoms with Gasteiger partial charge in [0, 0.05) is 30.1 Å². The number of hydrogen-bond donors (Lipinski definition) is 1. The standard InChI is InChI=1S/C19H27ClN2O.ClH/c1-2-22(12-15-6-3-4-9-17(15)20)19(23)16-10-13-7-5-8-14(11-16)18(13)21;/h3-4,6,9,13-14,16,18H,2,5,7-8,10-12,21H2,1H3;1H. The van der Waals surface area contributed by atoms with Crippen molar-refractivity contribution in [2.24, 2.45) is 23.5 Å². The van der Waals surface area contributed by atoms with Crippen molar-refractivity contribution in [1.29, 1.82) is 0 Å². The van der Waals surface area contributed by atoms with E-state index in [9.17, 15) is 4.79 Å². The van der Waals surface area contributed by atoms with Crippen molar-refractivity contribution in [2.75, 3.05) is 6.54 Å². The van der Waals surface area contributed by atoms with Gasteiger partial charge in [-0.1, -0.05) is 36.2 Å². The third-order valence-electron chi connectivity index (χ3n) is 5.77. The van der Waals surface area contributed by atoms with Crippen LogP contribution in [0.4, 0.5) is 0 Å². The van der Waals surface area contributed by atoms with Crippen LogP contribution in [0.5, 0.6) is 0 Å². The molecule has 0 aromatic heterocycles. The molecule has 2 bridgehead atoms. The summed E-state index contributed by atoms with van der Waals surface area (Å²) in [6.07, 6.45) is 5.60. The summed E-state index contributed by atoms with van der Waals surface area (Å²) in [5.41, 5.74) is 7.38. The van der Waals surface area contributed by atoms with Crippen molar-refractivity contribution >= 4 is 29.9 Å². The molecule has 2 aliphatic carbocycles. The van der Waals surface area contributed by atoms with E-state index >= 15 is 0 Å². The van der Waals surface area contributed by atoms with Gasteiger partial charge in [-0.15, -0.1) is 12.4 Å². The molecule has 2 aliphatic rings. The molecule has 2 unspecified atom stereocenters. The second kappa shape index (κ2) is 8.55. The van der Waals surface area contributed by atoms with Crippen molar-refractivity contribution in [1.82, 2.24) is 4.90 Å². The van der Waals surface area contributed by atoms with E-state index in [2.05, 4.69) is 0 Å². The highest BCUT2D eigenvalue weighted by atomic mass is 35.5. The van der Waals surface area contributed by atoms with Crippen molar-refractivity contribution in [3.8, 4) is 0 Å². The van der Waals surface area contributed by atoms with Crippen molar-refractivity contribution in [2.45, 2.75) is 51.6 Å². The number of carbonyl (C=O) groups excluding carboxylic acids is 1. The molecule has 1 aromatic rings. The molecular formula is C19H28Cl2N2O. The van der Waals surface area contributed by atoms with E-state index < -0.39 is 0 Å². The molecule has 24 heavy (non-hydrogen) atoms. The van der Waals surface area contributed by atoms with Crippen LogP contribution in [0.25, 0.3) is 0 Å². The molecule has 2 fully saturated rings. The molecule has 1 amide bonds. The zero-order valence-electron chi connectivity index (χ0n) is 14.3. The second-order valence-electron chi connectivity index (χ2n) is 7.14. The smallest absolute Gasteiger partial charge is 0.225 e. The summed E-state index contributed by atoms with van der Waals surface area (Å²) in [5, 5.41) is 0.737. The summed E-state index contributed by atoms with van der Waals surface area (Å²) in [5.74, 6) is 1.51. The number of carbonyl (C=O) groups is 1. The quantitative estimate of drug-likeness (QED) is 0.860. The Morgan fingerprint density at radius 2 is 1.88 bits per heavy atom. The predicted molar refractivity (Wildman–Crippen MR) is 101 cm³/mol. The van der Waals surface area contributed by atoms with E-state index in [4.69, 9.17) is 17.3 Å². The van der Waals surface area contributed by atoms with E-state index in [1.165, 1.54) is 19.3 Å². The first kappa shape index (κ1) is 19.6. The normalized spacial score (nSPS) is 28.8. The maximum absolute atomic E-state index is 13.0. The Labute approximate surface area is 156 Å². The number of amides is 1. The van der Waals surface area contributed by atoms with E-state index in [1.54, 1.807) is 0 Å². The van der Waals surface area contributed by atoms with Gasteiger partial charge in [-0.2, -0.15) is 0 Å². The van der Waals surface area contributed by atoms with Gasteiger partial charge >= 0.3 is 0 Å². The summed E-state index contributed by atoms with van der Waals surface area (Å²) >= 11 is 6.26. The third kappa shape index (κ3) is 4.07. The lowest BCUT2D eigenvalue weighted by molar-refractivity contribution is -0.139. The zero-order chi connectivity index (χ0) is 16.4. The first-order chi connectivity index (χ1) is 11.1. The second-order valence-corrected chi connectivity index (χ2v) is 7.55. The molecule has 2 atom stereocenters. The number of hydrogen-bond acceptors (Lipinski definition) is 2. The van der Waals surface area contributed by atoms with E-state index in [0.717, 1.165) is 30.0 Å². The maximum atomic E-state index is 13.0. The summed E-state index contributed by atoms with van der Waals surface area (Å²) in [7, 11) is 0. The molecule has 134 valence electrons. The molecule has 0 saturated heterocycles. The average Bonchev–Trinajstić information content (AvgIpc) is 2.53. The zero-order valence-corrected chi connectivity index (χ0v) is 15.9. The third-order valence-corrected chi connectivity index (χ3v) is 6.14. The minimum atomic E-state index is 0. The minimum Gasteiger partial charge on any atom is -0.338 e. The lowest BCUT2D eigenvalue weighted by Gasteiger charge is -2.44. The van der Waals surface area contributed by atoms with Gasteiger partial charge in [-0.3, -0.25) is 4.79 Å². The van der Waals surface area contributed by atoms with Crippen LogP contribution in [0, 0.1) is 17.8 Å². The number of halogens is 2. The molecule has 0 spiro atoms. The van der Waals surface area contributed by atoms with Crippen LogP contribution in [0.3, 0.4) is 0 Å². The molecule has 0 aliphatic heterocycles. The van der Waals surface area contributed by atoms with Gasteiger partial charge < -0.3 is 10.6 Å². The number of rotatable bonds is 4. The van der Waals surface area contributed by atoms with Crippen LogP contribution < -0.4 is 5.73 Å². The lowest BCUT2D eigenvalue weighted by atomic mass is 9.65. The van der Waals surface area contributed by atoms with E-state index in [0.29, 0.717) is 24.4 Å². The molecule has 1 aromatic carbocycles. The van der Waals surface area contributed by atoms with Gasteiger partial charge in [0.15, 0.2) is 0 Å². The maximum Gasteiger partial charge on any atom is 0.225 e. The van der Waals surface area contributed by atoms with Crippen molar-refractivity contribution in [3.63, 3.8) is 0 Å². The van der Waals surface area contributed by atoms with Gasteiger partial charge in [0.1, 0.15) is 0 Å². The monoisotopic (exact) mass is 370 g/mol. The predicted octanol–water partition coefficient (Wildman–Crippen LogP) is 4.26. The number of nitrogens with two attached hydrogens (primary N) is 1. The fourth-order valence-electron chi connectivity index (χ4n) is 4.43. The Morgan fingerprint density at radius 3 is 2.46 bits per heavy atom. The molecule has 2 saturated carbocycles. The Kier molecular flexibility index (Phi) is 6.97. The van der Waals surface area contributed by atoms with Crippen LogP contribution in [0.15, 0.2) is 24.3 Å². The lowest BCUT2D eigenvalue weighted by Crippen LogP contribution is -2.49. The molecular weight excluding hydrogens is 343 g/mol. The first-order valence-corrected chi connectivity index (χ1v) is 9.25. The largest absolute Gasteiger partial charge is 0.338 e. The van der Waals surface area contributed by atoms with Crippen molar-refractivity contribution < 1.29 is 4.79 Å². The molecule has 0 heterocycles. The van der Waals surface area contributed by atoms with Gasteiger partial charge in [0.2, 0.25) is 5.91 Å².